The third-order valence-electron chi connectivity index (χ3n) is 5.93. The average Bonchev–Trinajstić information content (AvgIpc) is 3.32. The Kier molecular flexibility index (Phi) is 9.78. The summed E-state index contributed by atoms with van der Waals surface area (Å²) in [6.07, 6.45) is 0.461. The van der Waals surface area contributed by atoms with Crippen molar-refractivity contribution in [2.24, 2.45) is 0 Å². The lowest BCUT2D eigenvalue weighted by atomic mass is 9.97. The number of nitrogens with one attached hydrogen (secondary N) is 1. The zero-order valence-electron chi connectivity index (χ0n) is 21.4. The first kappa shape index (κ1) is 27.7. The molecule has 0 aliphatic rings. The summed E-state index contributed by atoms with van der Waals surface area (Å²) < 4.78 is 18.7. The molecule has 4 aromatic rings. The van der Waals surface area contributed by atoms with Crippen molar-refractivity contribution < 1.29 is 23.9 Å². The summed E-state index contributed by atoms with van der Waals surface area (Å²) in [5, 5.41) is 16.0. The van der Waals surface area contributed by atoms with Crippen LogP contribution in [-0.4, -0.2) is 29.3 Å². The summed E-state index contributed by atoms with van der Waals surface area (Å²) in [4.78, 5) is 12.6. The summed E-state index contributed by atoms with van der Waals surface area (Å²) in [7, 11) is 0. The van der Waals surface area contributed by atoms with Crippen molar-refractivity contribution in [3.05, 3.63) is 98.8 Å². The minimum absolute atomic E-state index is 0.00217. The number of aliphatic hydroxyl groups excluding tert-OH is 1. The van der Waals surface area contributed by atoms with Gasteiger partial charge in [0.05, 0.1) is 3.57 Å². The lowest BCUT2D eigenvalue weighted by Crippen LogP contribution is -2.25. The summed E-state index contributed by atoms with van der Waals surface area (Å²) in [6.45, 7) is 5.34. The highest BCUT2D eigenvalue weighted by Gasteiger charge is 2.25. The van der Waals surface area contributed by atoms with Crippen molar-refractivity contribution in [2.45, 2.75) is 39.4 Å². The minimum atomic E-state index is -0.375. The van der Waals surface area contributed by atoms with E-state index in [1.54, 1.807) is 0 Å². The molecule has 0 aliphatic heterocycles. The Bertz CT molecular complexity index is 1340. The molecule has 1 aromatic heterocycles. The van der Waals surface area contributed by atoms with Crippen LogP contribution in [0.2, 0.25) is 0 Å². The van der Waals surface area contributed by atoms with Gasteiger partial charge in [0.1, 0.15) is 30.4 Å². The van der Waals surface area contributed by atoms with E-state index < -0.39 is 0 Å². The van der Waals surface area contributed by atoms with Gasteiger partial charge in [-0.3, -0.25) is 4.79 Å². The van der Waals surface area contributed by atoms with Crippen LogP contribution in [0, 0.1) is 3.57 Å². The highest BCUT2D eigenvalue weighted by molar-refractivity contribution is 14.1. The second kappa shape index (κ2) is 13.4. The molecule has 0 aliphatic carbocycles. The van der Waals surface area contributed by atoms with Crippen LogP contribution in [0.15, 0.2) is 77.3 Å². The number of carbonyl (C=O) groups is 1. The highest BCUT2D eigenvalue weighted by atomic mass is 127. The number of nitrogens with zero attached hydrogens (tertiary/aromatic N) is 1. The fourth-order valence-electron chi connectivity index (χ4n) is 3.88. The van der Waals surface area contributed by atoms with Crippen LogP contribution >= 0.6 is 22.6 Å². The molecule has 2 N–H and O–H groups in total. The fraction of sp³-hybridized carbons (Fsp3) is 0.267. The Morgan fingerprint density at radius 2 is 1.58 bits per heavy atom. The van der Waals surface area contributed by atoms with E-state index in [0.717, 1.165) is 28.0 Å². The van der Waals surface area contributed by atoms with Crippen LogP contribution in [0.4, 0.5) is 0 Å². The third-order valence-corrected chi connectivity index (χ3v) is 6.93. The Morgan fingerprint density at radius 3 is 2.16 bits per heavy atom. The smallest absolute Gasteiger partial charge is 0.291 e. The van der Waals surface area contributed by atoms with Crippen molar-refractivity contribution >= 4 is 28.5 Å². The second-order valence-corrected chi connectivity index (χ2v) is 10.2. The first-order valence-corrected chi connectivity index (χ1v) is 13.6. The van der Waals surface area contributed by atoms with Crippen LogP contribution < -0.4 is 14.8 Å². The van der Waals surface area contributed by atoms with E-state index in [4.69, 9.17) is 19.1 Å². The third kappa shape index (κ3) is 6.93. The van der Waals surface area contributed by atoms with Crippen molar-refractivity contribution in [2.75, 3.05) is 13.2 Å². The molecule has 0 spiro atoms. The zero-order chi connectivity index (χ0) is 26.9. The van der Waals surface area contributed by atoms with E-state index in [1.807, 2.05) is 72.8 Å². The Labute approximate surface area is 236 Å². The van der Waals surface area contributed by atoms with Crippen molar-refractivity contribution in [3.63, 3.8) is 0 Å². The first-order chi connectivity index (χ1) is 18.5. The number of hydrogen-bond donors (Lipinski definition) is 2. The second-order valence-electron chi connectivity index (χ2n) is 9.10. The largest absolute Gasteiger partial charge is 0.488 e. The molecule has 0 saturated carbocycles. The summed E-state index contributed by atoms with van der Waals surface area (Å²) in [5.41, 5.74) is 4.34. The molecule has 0 bridgehead atoms. The van der Waals surface area contributed by atoms with Gasteiger partial charge in [-0.05, 0) is 57.7 Å². The molecular formula is C30H31IN2O5. The number of aromatic nitrogens is 1. The first-order valence-electron chi connectivity index (χ1n) is 12.5. The SMILES string of the molecule is CC(C)c1cc(-c2noc(C(=O)NCCCO)c2I)c(OCc2ccccc2)cc1OCc1ccccc1. The van der Waals surface area contributed by atoms with Gasteiger partial charge in [0.2, 0.25) is 5.76 Å². The van der Waals surface area contributed by atoms with Crippen LogP contribution in [-0.2, 0) is 13.2 Å². The molecule has 1 heterocycles. The topological polar surface area (TPSA) is 93.8 Å². The molecule has 3 aromatic carbocycles. The number of halogens is 1. The maximum atomic E-state index is 12.6. The predicted octanol–water partition coefficient (Wildman–Crippen LogP) is 6.34. The number of hydrogen-bond acceptors (Lipinski definition) is 6. The number of ether oxygens (including phenoxy) is 2. The van der Waals surface area contributed by atoms with Gasteiger partial charge in [0.25, 0.3) is 5.91 Å². The Balaban J connectivity index is 1.71. The van der Waals surface area contributed by atoms with Crippen LogP contribution in [0.5, 0.6) is 11.5 Å². The standard InChI is InChI=1S/C30H31IN2O5/c1-20(2)23-16-24(28-27(31)29(38-33-28)30(35)32-14-9-15-34)26(37-19-22-12-7-4-8-13-22)17-25(23)36-18-21-10-5-3-6-11-21/h3-8,10-13,16-17,20,34H,9,14-15,18-19H2,1-2H3,(H,32,35). The van der Waals surface area contributed by atoms with Crippen LogP contribution in [0.3, 0.4) is 0 Å². The van der Waals surface area contributed by atoms with Gasteiger partial charge < -0.3 is 24.4 Å². The molecule has 7 nitrogen and oxygen atoms in total. The van der Waals surface area contributed by atoms with E-state index in [0.29, 0.717) is 41.2 Å². The Morgan fingerprint density at radius 1 is 0.974 bits per heavy atom. The maximum absolute atomic E-state index is 12.6. The summed E-state index contributed by atoms with van der Waals surface area (Å²) in [5.74, 6) is 1.23. The summed E-state index contributed by atoms with van der Waals surface area (Å²) >= 11 is 2.08. The predicted molar refractivity (Wildman–Crippen MR) is 154 cm³/mol. The molecule has 0 saturated heterocycles. The lowest BCUT2D eigenvalue weighted by molar-refractivity contribution is 0.0913. The molecule has 38 heavy (non-hydrogen) atoms. The molecule has 8 heteroatoms. The van der Waals surface area contributed by atoms with Crippen molar-refractivity contribution in [3.8, 4) is 22.8 Å². The normalized spacial score (nSPS) is 11.0. The highest BCUT2D eigenvalue weighted by Crippen LogP contribution is 2.41. The van der Waals surface area contributed by atoms with Gasteiger partial charge in [-0.15, -0.1) is 0 Å². The number of benzene rings is 3. The van der Waals surface area contributed by atoms with Gasteiger partial charge in [-0.25, -0.2) is 0 Å². The van der Waals surface area contributed by atoms with Crippen LogP contribution in [0.1, 0.15) is 53.4 Å². The van der Waals surface area contributed by atoms with Crippen molar-refractivity contribution in [1.29, 1.82) is 0 Å². The molecule has 0 radical (unpaired) electrons. The maximum Gasteiger partial charge on any atom is 0.291 e. The van der Waals surface area contributed by atoms with E-state index in [9.17, 15) is 4.79 Å². The average molecular weight is 626 g/mol. The van der Waals surface area contributed by atoms with E-state index in [-0.39, 0.29) is 24.2 Å². The molecule has 1 amide bonds. The van der Waals surface area contributed by atoms with E-state index in [2.05, 4.69) is 46.9 Å². The summed E-state index contributed by atoms with van der Waals surface area (Å²) in [6, 6.07) is 23.8. The molecule has 0 fully saturated rings. The molecule has 198 valence electrons. The van der Waals surface area contributed by atoms with Gasteiger partial charge in [-0.2, -0.15) is 0 Å². The van der Waals surface area contributed by atoms with Crippen molar-refractivity contribution in [1.82, 2.24) is 10.5 Å². The number of aliphatic hydroxyl groups is 1. The zero-order valence-corrected chi connectivity index (χ0v) is 23.6. The lowest BCUT2D eigenvalue weighted by Gasteiger charge is -2.19. The monoisotopic (exact) mass is 626 g/mol. The van der Waals surface area contributed by atoms with Gasteiger partial charge >= 0.3 is 0 Å². The fourth-order valence-corrected chi connectivity index (χ4v) is 4.61. The van der Waals surface area contributed by atoms with E-state index in [1.165, 1.54) is 0 Å². The quantitative estimate of drug-likeness (QED) is 0.141. The molecular weight excluding hydrogens is 595 g/mol. The molecule has 0 unspecified atom stereocenters. The van der Waals surface area contributed by atoms with Gasteiger partial charge in [-0.1, -0.05) is 79.7 Å². The Hall–Kier alpha value is -3.37. The molecule has 0 atom stereocenters. The molecule has 4 rings (SSSR count). The van der Waals surface area contributed by atoms with E-state index >= 15 is 0 Å². The van der Waals surface area contributed by atoms with Crippen LogP contribution in [0.25, 0.3) is 11.3 Å². The van der Waals surface area contributed by atoms with Gasteiger partial charge in [0.15, 0.2) is 0 Å². The number of rotatable bonds is 12. The van der Waals surface area contributed by atoms with Gasteiger partial charge in [0, 0.05) is 24.8 Å². The number of carbonyl (C=O) groups excluding carboxylic acids is 1. The minimum Gasteiger partial charge on any atom is -0.488 e. The number of amides is 1.